The number of esters is 1. The average molecular weight is 183 g/mol. The van der Waals surface area contributed by atoms with Gasteiger partial charge in [-0.1, -0.05) is 0 Å². The normalized spacial score (nSPS) is 12.5. The van der Waals surface area contributed by atoms with E-state index >= 15 is 0 Å². The summed E-state index contributed by atoms with van der Waals surface area (Å²) in [6.45, 7) is 0.346. The SMILES string of the molecule is COC(=O)c1cc(C(N)CN)c[nH]1. The Hall–Kier alpha value is -1.33. The number of ether oxygens (including phenoxy) is 1. The van der Waals surface area contributed by atoms with Crippen LogP contribution < -0.4 is 11.5 Å². The van der Waals surface area contributed by atoms with Crippen LogP contribution in [0.3, 0.4) is 0 Å². The molecule has 0 aromatic carbocycles. The molecular weight excluding hydrogens is 170 g/mol. The molecule has 0 radical (unpaired) electrons. The maximum absolute atomic E-state index is 11.0. The highest BCUT2D eigenvalue weighted by molar-refractivity contribution is 5.87. The summed E-state index contributed by atoms with van der Waals surface area (Å²) >= 11 is 0. The van der Waals surface area contributed by atoms with Crippen LogP contribution in [0.25, 0.3) is 0 Å². The predicted molar refractivity (Wildman–Crippen MR) is 48.1 cm³/mol. The number of aromatic amines is 1. The van der Waals surface area contributed by atoms with Crippen LogP contribution in [-0.4, -0.2) is 24.6 Å². The third-order valence-electron chi connectivity index (χ3n) is 1.79. The van der Waals surface area contributed by atoms with Gasteiger partial charge in [0.2, 0.25) is 0 Å². The van der Waals surface area contributed by atoms with Gasteiger partial charge in [0.15, 0.2) is 0 Å². The van der Waals surface area contributed by atoms with E-state index in [2.05, 4.69) is 9.72 Å². The van der Waals surface area contributed by atoms with Gasteiger partial charge in [-0.2, -0.15) is 0 Å². The molecule has 1 unspecified atom stereocenters. The molecule has 72 valence electrons. The van der Waals surface area contributed by atoms with Crippen molar-refractivity contribution in [3.63, 3.8) is 0 Å². The number of hydrogen-bond donors (Lipinski definition) is 3. The van der Waals surface area contributed by atoms with Crippen molar-refractivity contribution in [1.82, 2.24) is 4.98 Å². The summed E-state index contributed by atoms with van der Waals surface area (Å²) in [7, 11) is 1.33. The van der Waals surface area contributed by atoms with Gasteiger partial charge in [0.25, 0.3) is 0 Å². The monoisotopic (exact) mass is 183 g/mol. The Morgan fingerprint density at radius 1 is 1.77 bits per heavy atom. The van der Waals surface area contributed by atoms with E-state index in [0.717, 1.165) is 5.56 Å². The Morgan fingerprint density at radius 2 is 2.46 bits per heavy atom. The van der Waals surface area contributed by atoms with Crippen molar-refractivity contribution in [3.05, 3.63) is 23.5 Å². The summed E-state index contributed by atoms with van der Waals surface area (Å²) in [5.41, 5.74) is 12.2. The van der Waals surface area contributed by atoms with E-state index in [1.165, 1.54) is 7.11 Å². The van der Waals surface area contributed by atoms with Crippen molar-refractivity contribution >= 4 is 5.97 Å². The summed E-state index contributed by atoms with van der Waals surface area (Å²) in [5.74, 6) is -0.407. The second kappa shape index (κ2) is 4.06. The van der Waals surface area contributed by atoms with E-state index < -0.39 is 5.97 Å². The van der Waals surface area contributed by atoms with Gasteiger partial charge in [0, 0.05) is 18.8 Å². The van der Waals surface area contributed by atoms with E-state index in [1.807, 2.05) is 0 Å². The van der Waals surface area contributed by atoms with E-state index in [1.54, 1.807) is 12.3 Å². The summed E-state index contributed by atoms with van der Waals surface area (Å²) in [6.07, 6.45) is 1.66. The number of methoxy groups -OCH3 is 1. The maximum Gasteiger partial charge on any atom is 0.354 e. The minimum Gasteiger partial charge on any atom is -0.464 e. The lowest BCUT2D eigenvalue weighted by atomic mass is 10.1. The standard InChI is InChI=1S/C8H13N3O2/c1-13-8(12)7-2-5(4-11-7)6(10)3-9/h2,4,6,11H,3,9-10H2,1H3. The molecule has 13 heavy (non-hydrogen) atoms. The largest absolute Gasteiger partial charge is 0.464 e. The minimum absolute atomic E-state index is 0.241. The summed E-state index contributed by atoms with van der Waals surface area (Å²) in [4.78, 5) is 13.8. The molecule has 1 aromatic heterocycles. The van der Waals surface area contributed by atoms with E-state index in [0.29, 0.717) is 12.2 Å². The van der Waals surface area contributed by atoms with E-state index in [-0.39, 0.29) is 6.04 Å². The third-order valence-corrected chi connectivity index (χ3v) is 1.79. The van der Waals surface area contributed by atoms with Crippen molar-refractivity contribution in [3.8, 4) is 0 Å². The number of nitrogens with two attached hydrogens (primary N) is 2. The van der Waals surface area contributed by atoms with Gasteiger partial charge in [-0.3, -0.25) is 0 Å². The second-order valence-electron chi connectivity index (χ2n) is 2.68. The van der Waals surface area contributed by atoms with E-state index in [4.69, 9.17) is 11.5 Å². The van der Waals surface area contributed by atoms with E-state index in [9.17, 15) is 4.79 Å². The zero-order valence-electron chi connectivity index (χ0n) is 7.41. The fourth-order valence-electron chi connectivity index (χ4n) is 0.989. The zero-order valence-corrected chi connectivity index (χ0v) is 7.41. The molecule has 0 fully saturated rings. The van der Waals surface area contributed by atoms with Crippen molar-refractivity contribution in [2.24, 2.45) is 11.5 Å². The first-order chi connectivity index (χ1) is 6.19. The highest BCUT2D eigenvalue weighted by Gasteiger charge is 2.11. The Bertz CT molecular complexity index is 295. The molecule has 0 bridgehead atoms. The Morgan fingerprint density at radius 3 is 3.00 bits per heavy atom. The first-order valence-corrected chi connectivity index (χ1v) is 3.91. The molecule has 5 N–H and O–H groups in total. The van der Waals surface area contributed by atoms with Gasteiger partial charge in [-0.05, 0) is 11.6 Å². The molecule has 5 nitrogen and oxygen atoms in total. The van der Waals surface area contributed by atoms with Crippen LogP contribution in [0.4, 0.5) is 0 Å². The van der Waals surface area contributed by atoms with Crippen LogP contribution in [-0.2, 0) is 4.74 Å². The second-order valence-corrected chi connectivity index (χ2v) is 2.68. The van der Waals surface area contributed by atoms with Crippen LogP contribution in [0.2, 0.25) is 0 Å². The fourth-order valence-corrected chi connectivity index (χ4v) is 0.989. The number of aromatic nitrogens is 1. The quantitative estimate of drug-likeness (QED) is 0.564. The Kier molecular flexibility index (Phi) is 3.05. The molecule has 0 spiro atoms. The minimum atomic E-state index is -0.407. The number of nitrogens with one attached hydrogen (secondary N) is 1. The fraction of sp³-hybridized carbons (Fsp3) is 0.375. The number of H-pyrrole nitrogens is 1. The van der Waals surface area contributed by atoms with Crippen molar-refractivity contribution < 1.29 is 9.53 Å². The topological polar surface area (TPSA) is 94.1 Å². The highest BCUT2D eigenvalue weighted by atomic mass is 16.5. The molecule has 0 amide bonds. The molecule has 1 rings (SSSR count). The number of rotatable bonds is 3. The number of hydrogen-bond acceptors (Lipinski definition) is 4. The molecule has 0 aliphatic carbocycles. The van der Waals surface area contributed by atoms with Gasteiger partial charge >= 0.3 is 5.97 Å². The lowest BCUT2D eigenvalue weighted by Crippen LogP contribution is -2.20. The first-order valence-electron chi connectivity index (χ1n) is 3.91. The molecule has 1 atom stereocenters. The Labute approximate surface area is 76.1 Å². The molecule has 0 saturated carbocycles. The summed E-state index contributed by atoms with van der Waals surface area (Å²) in [6, 6.07) is 1.40. The lowest BCUT2D eigenvalue weighted by Gasteiger charge is -2.03. The van der Waals surface area contributed by atoms with Gasteiger partial charge < -0.3 is 21.2 Å². The zero-order chi connectivity index (χ0) is 9.84. The number of carbonyl (C=O) groups excluding carboxylic acids is 1. The highest BCUT2D eigenvalue weighted by Crippen LogP contribution is 2.10. The molecule has 1 aromatic rings. The molecule has 0 aliphatic rings. The number of carbonyl (C=O) groups is 1. The van der Waals surface area contributed by atoms with Crippen LogP contribution in [0, 0.1) is 0 Å². The van der Waals surface area contributed by atoms with Gasteiger partial charge in [0.05, 0.1) is 7.11 Å². The molecule has 5 heteroatoms. The van der Waals surface area contributed by atoms with Gasteiger partial charge in [0.1, 0.15) is 5.69 Å². The summed E-state index contributed by atoms with van der Waals surface area (Å²) < 4.78 is 4.52. The maximum atomic E-state index is 11.0. The van der Waals surface area contributed by atoms with Gasteiger partial charge in [-0.15, -0.1) is 0 Å². The lowest BCUT2D eigenvalue weighted by molar-refractivity contribution is 0.0595. The van der Waals surface area contributed by atoms with Crippen LogP contribution in [0.5, 0.6) is 0 Å². The smallest absolute Gasteiger partial charge is 0.354 e. The van der Waals surface area contributed by atoms with Crippen molar-refractivity contribution in [1.29, 1.82) is 0 Å². The third kappa shape index (κ3) is 2.07. The van der Waals surface area contributed by atoms with Crippen LogP contribution >= 0.6 is 0 Å². The van der Waals surface area contributed by atoms with Crippen LogP contribution in [0.15, 0.2) is 12.3 Å². The van der Waals surface area contributed by atoms with Crippen LogP contribution in [0.1, 0.15) is 22.1 Å². The van der Waals surface area contributed by atoms with Crippen molar-refractivity contribution in [2.75, 3.05) is 13.7 Å². The van der Waals surface area contributed by atoms with Crippen molar-refractivity contribution in [2.45, 2.75) is 6.04 Å². The van der Waals surface area contributed by atoms with Gasteiger partial charge in [-0.25, -0.2) is 4.79 Å². The predicted octanol–water partition coefficient (Wildman–Crippen LogP) is -0.240. The average Bonchev–Trinajstić information content (AvgIpc) is 2.64. The molecular formula is C8H13N3O2. The molecule has 0 saturated heterocycles. The Balaban J connectivity index is 2.80. The molecule has 0 aliphatic heterocycles. The molecule has 1 heterocycles. The first kappa shape index (κ1) is 9.76. The summed E-state index contributed by atoms with van der Waals surface area (Å²) in [5, 5.41) is 0.